The molecule has 61 heavy (non-hydrogen) atoms. The van der Waals surface area contributed by atoms with Crippen molar-refractivity contribution in [2.45, 2.75) is 69.1 Å². The van der Waals surface area contributed by atoms with Crippen LogP contribution in [-0.2, 0) is 9.59 Å². The van der Waals surface area contributed by atoms with E-state index in [1.54, 1.807) is 54.0 Å². The molecule has 3 N–H and O–H groups in total. The smallest absolute Gasteiger partial charge is 0.407 e. The Kier molecular flexibility index (Phi) is 11.4. The van der Waals surface area contributed by atoms with E-state index < -0.39 is 12.1 Å². The van der Waals surface area contributed by atoms with Crippen molar-refractivity contribution in [1.82, 2.24) is 49.5 Å². The summed E-state index contributed by atoms with van der Waals surface area (Å²) in [6, 6.07) is 25.4. The number of aromatic amines is 2. The number of carbonyl (C=O) groups is 3. The highest BCUT2D eigenvalue weighted by molar-refractivity contribution is 5.87. The molecule has 3 fully saturated rings. The van der Waals surface area contributed by atoms with Gasteiger partial charge < -0.3 is 24.9 Å². The van der Waals surface area contributed by atoms with E-state index in [0.717, 1.165) is 96.0 Å². The van der Waals surface area contributed by atoms with E-state index in [9.17, 15) is 19.5 Å². The molecule has 3 aliphatic heterocycles. The maximum Gasteiger partial charge on any atom is 0.407 e. The minimum atomic E-state index is -1.17. The highest BCUT2D eigenvalue weighted by atomic mass is 16.4. The predicted octanol–water partition coefficient (Wildman–Crippen LogP) is 7.83. The summed E-state index contributed by atoms with van der Waals surface area (Å²) in [5.74, 6) is 1.90. The van der Waals surface area contributed by atoms with Crippen molar-refractivity contribution < 1.29 is 19.5 Å². The SMILES string of the molecule is CN(C(=O)O)C(C(=O)N1CCC[C@H]1c1ncc(-c2ccc(-c3ncc(-c4cnc(C5CCCN5C(=O)[C@H](c5ccccc5)N5CCCCC5)[nH]4)cn3)cc2)[nH]1)c1ccccc1. The number of likely N-dealkylation sites (tertiary alicyclic amines) is 3. The number of nitrogens with one attached hydrogen (secondary N) is 2. The Balaban J connectivity index is 0.865. The Morgan fingerprint density at radius 2 is 1.13 bits per heavy atom. The lowest BCUT2D eigenvalue weighted by atomic mass is 10.00. The molecule has 4 atom stereocenters. The molecule has 3 saturated heterocycles. The van der Waals surface area contributed by atoms with Crippen LogP contribution in [0.15, 0.2) is 110 Å². The molecule has 0 saturated carbocycles. The second-order valence-corrected chi connectivity index (χ2v) is 16.2. The standard InChI is InChI=1S/C47H50N10O4/c1-54(47(60)61)40(32-13-5-2-6-14-32)45(58)56-25-11-17-38(56)43-50-29-36(52-43)31-19-21-34(22-20-31)42-48-27-35(28-49-42)37-30-51-44(53-37)39-18-12-26-57(39)46(59)41(33-15-7-3-8-16-33)55-23-9-4-10-24-55/h2-3,5-8,13-16,19-22,27-30,38-41H,4,9-12,17-18,23-26H2,1H3,(H,50,52)(H,51,53)(H,60,61)/t38-,39?,40?,41-/m0/s1. The van der Waals surface area contributed by atoms with E-state index in [4.69, 9.17) is 15.0 Å². The molecule has 3 aliphatic rings. The second-order valence-electron chi connectivity index (χ2n) is 16.2. The number of piperidine rings is 1. The fourth-order valence-electron chi connectivity index (χ4n) is 9.26. The molecule has 14 heteroatoms. The summed E-state index contributed by atoms with van der Waals surface area (Å²) in [7, 11) is 1.43. The lowest BCUT2D eigenvalue weighted by molar-refractivity contribution is -0.139. The number of nitrogens with zero attached hydrogens (tertiary/aromatic N) is 8. The van der Waals surface area contributed by atoms with Crippen molar-refractivity contribution in [3.05, 3.63) is 132 Å². The average Bonchev–Trinajstić information content (AvgIpc) is 4.15. The summed E-state index contributed by atoms with van der Waals surface area (Å²) in [4.78, 5) is 73.3. The van der Waals surface area contributed by atoms with Crippen molar-refractivity contribution in [1.29, 1.82) is 0 Å². The van der Waals surface area contributed by atoms with Crippen LogP contribution >= 0.6 is 0 Å². The molecule has 0 aliphatic carbocycles. The van der Waals surface area contributed by atoms with Crippen molar-refractivity contribution >= 4 is 17.9 Å². The molecule has 312 valence electrons. The molecule has 0 radical (unpaired) electrons. The van der Waals surface area contributed by atoms with E-state index in [2.05, 4.69) is 32.0 Å². The van der Waals surface area contributed by atoms with Gasteiger partial charge >= 0.3 is 6.09 Å². The van der Waals surface area contributed by atoms with Crippen molar-refractivity contribution in [3.8, 4) is 33.9 Å². The fourth-order valence-corrected chi connectivity index (χ4v) is 9.26. The fraction of sp³-hybridized carbons (Fsp3) is 0.340. The molecule has 2 unspecified atom stereocenters. The van der Waals surface area contributed by atoms with E-state index in [0.29, 0.717) is 30.3 Å². The number of aromatic nitrogens is 6. The van der Waals surface area contributed by atoms with Gasteiger partial charge in [-0.3, -0.25) is 19.4 Å². The van der Waals surface area contributed by atoms with Gasteiger partial charge in [-0.2, -0.15) is 0 Å². The first-order chi connectivity index (χ1) is 29.8. The lowest BCUT2D eigenvalue weighted by Gasteiger charge is -2.37. The van der Waals surface area contributed by atoms with Crippen LogP contribution in [0.3, 0.4) is 0 Å². The topological polar surface area (TPSA) is 168 Å². The first-order valence-corrected chi connectivity index (χ1v) is 21.3. The van der Waals surface area contributed by atoms with Crippen LogP contribution in [0.25, 0.3) is 33.9 Å². The van der Waals surface area contributed by atoms with Crippen molar-refractivity contribution in [2.24, 2.45) is 0 Å². The lowest BCUT2D eigenvalue weighted by Crippen LogP contribution is -2.44. The summed E-state index contributed by atoms with van der Waals surface area (Å²) in [5.41, 5.74) is 5.85. The summed E-state index contributed by atoms with van der Waals surface area (Å²) < 4.78 is 0. The van der Waals surface area contributed by atoms with Gasteiger partial charge in [0.2, 0.25) is 5.91 Å². The zero-order chi connectivity index (χ0) is 41.9. The first kappa shape index (κ1) is 39.8. The molecule has 3 aromatic carbocycles. The quantitative estimate of drug-likeness (QED) is 0.118. The number of benzene rings is 3. The predicted molar refractivity (Wildman–Crippen MR) is 230 cm³/mol. The number of rotatable bonds is 11. The van der Waals surface area contributed by atoms with Crippen LogP contribution in [0.4, 0.5) is 4.79 Å². The van der Waals surface area contributed by atoms with E-state index in [1.807, 2.05) is 53.4 Å². The average molecular weight is 819 g/mol. The van der Waals surface area contributed by atoms with Crippen molar-refractivity contribution in [2.75, 3.05) is 33.2 Å². The normalized spacial score (nSPS) is 19.2. The van der Waals surface area contributed by atoms with E-state index in [-0.39, 0.29) is 29.9 Å². The Bertz CT molecular complexity index is 2450. The maximum atomic E-state index is 14.4. The van der Waals surface area contributed by atoms with E-state index in [1.165, 1.54) is 13.5 Å². The third-order valence-corrected chi connectivity index (χ3v) is 12.5. The minimum Gasteiger partial charge on any atom is -0.465 e. The van der Waals surface area contributed by atoms with E-state index >= 15 is 0 Å². The molecule has 9 rings (SSSR count). The summed E-state index contributed by atoms with van der Waals surface area (Å²) in [6.45, 7) is 3.08. The van der Waals surface area contributed by atoms with Crippen LogP contribution in [0.5, 0.6) is 0 Å². The molecular weight excluding hydrogens is 769 g/mol. The van der Waals surface area contributed by atoms with Gasteiger partial charge in [0, 0.05) is 43.7 Å². The molecule has 14 nitrogen and oxygen atoms in total. The number of carbonyl (C=O) groups excluding carboxylic acids is 2. The maximum absolute atomic E-state index is 14.4. The first-order valence-electron chi connectivity index (χ1n) is 21.3. The monoisotopic (exact) mass is 818 g/mol. The number of carboxylic acid groups (broad SMARTS) is 1. The van der Waals surface area contributed by atoms with Gasteiger partial charge in [-0.1, -0.05) is 91.3 Å². The second kappa shape index (κ2) is 17.5. The zero-order valence-corrected chi connectivity index (χ0v) is 34.2. The molecule has 6 aromatic rings. The molecule has 3 amide bonds. The summed E-state index contributed by atoms with van der Waals surface area (Å²) >= 11 is 0. The number of likely N-dealkylation sites (N-methyl/N-ethyl adjacent to an activating group) is 1. The Morgan fingerprint density at radius 1 is 0.607 bits per heavy atom. The van der Waals surface area contributed by atoms with Crippen LogP contribution in [0.1, 0.15) is 91.9 Å². The summed E-state index contributed by atoms with van der Waals surface area (Å²) in [6.07, 6.45) is 12.7. The largest absolute Gasteiger partial charge is 0.465 e. The molecular formula is C47H50N10O4. The molecule has 3 aromatic heterocycles. The number of imidazole rings is 2. The highest BCUT2D eigenvalue weighted by Crippen LogP contribution is 2.38. The minimum absolute atomic E-state index is 0.126. The van der Waals surface area contributed by atoms with Gasteiger partial charge in [-0.05, 0) is 68.3 Å². The number of H-pyrrole nitrogens is 2. The van der Waals surface area contributed by atoms with Crippen LogP contribution < -0.4 is 0 Å². The molecule has 0 bridgehead atoms. The third kappa shape index (κ3) is 8.15. The zero-order valence-electron chi connectivity index (χ0n) is 34.2. The highest BCUT2D eigenvalue weighted by Gasteiger charge is 2.40. The van der Waals surface area contributed by atoms with Gasteiger partial charge in [-0.25, -0.2) is 24.7 Å². The Labute approximate surface area is 354 Å². The molecule has 0 spiro atoms. The van der Waals surface area contributed by atoms with Crippen LogP contribution in [0, 0.1) is 0 Å². The van der Waals surface area contributed by atoms with Gasteiger partial charge in [0.1, 0.15) is 23.7 Å². The number of hydrogen-bond acceptors (Lipinski definition) is 8. The van der Waals surface area contributed by atoms with Crippen LogP contribution in [-0.4, -0.2) is 106 Å². The van der Waals surface area contributed by atoms with Crippen molar-refractivity contribution in [3.63, 3.8) is 0 Å². The van der Waals surface area contributed by atoms with Gasteiger partial charge in [0.25, 0.3) is 5.91 Å². The van der Waals surface area contributed by atoms with Crippen LogP contribution in [0.2, 0.25) is 0 Å². The summed E-state index contributed by atoms with van der Waals surface area (Å²) in [5, 5.41) is 9.81. The van der Waals surface area contributed by atoms with Gasteiger partial charge in [0.05, 0.1) is 35.9 Å². The Hall–Kier alpha value is -6.67. The third-order valence-electron chi connectivity index (χ3n) is 12.5. The number of amides is 3. The van der Waals surface area contributed by atoms with Gasteiger partial charge in [-0.15, -0.1) is 0 Å². The van der Waals surface area contributed by atoms with Gasteiger partial charge in [0.15, 0.2) is 5.82 Å². The number of hydrogen-bond donors (Lipinski definition) is 3. The Morgan fingerprint density at radius 3 is 1.70 bits per heavy atom. The molecule has 6 heterocycles.